The Morgan fingerprint density at radius 1 is 1.33 bits per heavy atom. The quantitative estimate of drug-likeness (QED) is 0.808. The predicted molar refractivity (Wildman–Crippen MR) is 66.4 cm³/mol. The fraction of sp³-hybridized carbons (Fsp3) is 0.357. The third-order valence-corrected chi connectivity index (χ3v) is 3.49. The number of ether oxygens (including phenoxy) is 1. The summed E-state index contributed by atoms with van der Waals surface area (Å²) in [6.45, 7) is 0. The zero-order chi connectivity index (χ0) is 15.0. The molecule has 0 unspecified atom stereocenters. The molecule has 1 aromatic heterocycles. The summed E-state index contributed by atoms with van der Waals surface area (Å²) in [6, 6.07) is 3.19. The number of aromatic nitrogens is 2. The van der Waals surface area contributed by atoms with E-state index in [-0.39, 0.29) is 18.1 Å². The Labute approximate surface area is 118 Å². The standard InChI is InChI=1S/C14H12F2N2O3/c1-20-13(19)14(2-3-14)12-17-11(18-21-12)6-8-4-9(15)7-10(16)5-8/h4-5,7H,2-3,6H2,1H3. The zero-order valence-electron chi connectivity index (χ0n) is 11.2. The lowest BCUT2D eigenvalue weighted by molar-refractivity contribution is -0.144. The van der Waals surface area contributed by atoms with Crippen LogP contribution in [0.3, 0.4) is 0 Å². The normalized spacial score (nSPS) is 15.8. The van der Waals surface area contributed by atoms with Crippen molar-refractivity contribution >= 4 is 5.97 Å². The summed E-state index contributed by atoms with van der Waals surface area (Å²) < 4.78 is 36.1. The van der Waals surface area contributed by atoms with Gasteiger partial charge in [-0.05, 0) is 30.5 Å². The number of hydrogen-bond donors (Lipinski definition) is 0. The Hall–Kier alpha value is -2.31. The molecule has 3 rings (SSSR count). The Morgan fingerprint density at radius 2 is 2.00 bits per heavy atom. The first-order valence-electron chi connectivity index (χ1n) is 6.40. The highest BCUT2D eigenvalue weighted by atomic mass is 19.1. The van der Waals surface area contributed by atoms with Gasteiger partial charge in [0.15, 0.2) is 5.82 Å². The van der Waals surface area contributed by atoms with Crippen LogP contribution in [0.25, 0.3) is 0 Å². The van der Waals surface area contributed by atoms with Gasteiger partial charge in [0.1, 0.15) is 17.0 Å². The second-order valence-electron chi connectivity index (χ2n) is 5.04. The summed E-state index contributed by atoms with van der Waals surface area (Å²) in [7, 11) is 1.30. The van der Waals surface area contributed by atoms with Crippen LogP contribution in [-0.4, -0.2) is 23.2 Å². The molecule has 1 aliphatic carbocycles. The van der Waals surface area contributed by atoms with E-state index in [1.807, 2.05) is 0 Å². The molecule has 2 aromatic rings. The minimum Gasteiger partial charge on any atom is -0.468 e. The van der Waals surface area contributed by atoms with Gasteiger partial charge in [-0.15, -0.1) is 0 Å². The predicted octanol–water partition coefficient (Wildman–Crippen LogP) is 2.14. The van der Waals surface area contributed by atoms with Gasteiger partial charge < -0.3 is 9.26 Å². The van der Waals surface area contributed by atoms with Crippen molar-refractivity contribution in [1.29, 1.82) is 0 Å². The Kier molecular flexibility index (Phi) is 3.19. The van der Waals surface area contributed by atoms with E-state index in [4.69, 9.17) is 9.26 Å². The van der Waals surface area contributed by atoms with Crippen molar-refractivity contribution in [2.45, 2.75) is 24.7 Å². The van der Waals surface area contributed by atoms with Gasteiger partial charge in [0.2, 0.25) is 5.89 Å². The minimum absolute atomic E-state index is 0.120. The van der Waals surface area contributed by atoms with E-state index < -0.39 is 23.0 Å². The van der Waals surface area contributed by atoms with Gasteiger partial charge in [-0.1, -0.05) is 5.16 Å². The maximum Gasteiger partial charge on any atom is 0.321 e. The average molecular weight is 294 g/mol. The summed E-state index contributed by atoms with van der Waals surface area (Å²) in [5, 5.41) is 3.75. The molecule has 1 heterocycles. The third kappa shape index (κ3) is 2.51. The zero-order valence-corrected chi connectivity index (χ0v) is 11.2. The van der Waals surface area contributed by atoms with E-state index in [0.29, 0.717) is 18.4 Å². The van der Waals surface area contributed by atoms with Crippen LogP contribution in [-0.2, 0) is 21.4 Å². The molecule has 21 heavy (non-hydrogen) atoms. The Bertz CT molecular complexity index is 675. The average Bonchev–Trinajstić information content (AvgIpc) is 3.11. The van der Waals surface area contributed by atoms with Crippen LogP contribution in [0.4, 0.5) is 8.78 Å². The van der Waals surface area contributed by atoms with Crippen molar-refractivity contribution in [2.75, 3.05) is 7.11 Å². The second kappa shape index (κ2) is 4.91. The molecule has 0 spiro atoms. The van der Waals surface area contributed by atoms with E-state index >= 15 is 0 Å². The van der Waals surface area contributed by atoms with Gasteiger partial charge >= 0.3 is 5.97 Å². The molecule has 1 aliphatic rings. The number of hydrogen-bond acceptors (Lipinski definition) is 5. The Morgan fingerprint density at radius 3 is 2.57 bits per heavy atom. The molecule has 0 amide bonds. The Balaban J connectivity index is 1.81. The van der Waals surface area contributed by atoms with Crippen LogP contribution in [0.2, 0.25) is 0 Å². The van der Waals surface area contributed by atoms with Crippen LogP contribution in [0.5, 0.6) is 0 Å². The molecular weight excluding hydrogens is 282 g/mol. The molecule has 1 aromatic carbocycles. The van der Waals surface area contributed by atoms with Crippen LogP contribution in [0.15, 0.2) is 22.7 Å². The lowest BCUT2D eigenvalue weighted by Gasteiger charge is -2.05. The smallest absolute Gasteiger partial charge is 0.321 e. The first-order valence-corrected chi connectivity index (χ1v) is 6.40. The molecule has 0 saturated heterocycles. The summed E-state index contributed by atoms with van der Waals surface area (Å²) in [5.41, 5.74) is -0.449. The van der Waals surface area contributed by atoms with Crippen molar-refractivity contribution in [3.8, 4) is 0 Å². The van der Waals surface area contributed by atoms with Crippen LogP contribution < -0.4 is 0 Å². The van der Waals surface area contributed by atoms with Gasteiger partial charge in [0.25, 0.3) is 0 Å². The molecule has 1 fully saturated rings. The van der Waals surface area contributed by atoms with E-state index in [9.17, 15) is 13.6 Å². The van der Waals surface area contributed by atoms with E-state index in [1.165, 1.54) is 19.2 Å². The monoisotopic (exact) mass is 294 g/mol. The molecule has 0 bridgehead atoms. The van der Waals surface area contributed by atoms with Crippen molar-refractivity contribution < 1.29 is 22.8 Å². The second-order valence-corrected chi connectivity index (χ2v) is 5.04. The van der Waals surface area contributed by atoms with E-state index in [0.717, 1.165) is 6.07 Å². The van der Waals surface area contributed by atoms with Gasteiger partial charge in [0.05, 0.1) is 7.11 Å². The van der Waals surface area contributed by atoms with Crippen molar-refractivity contribution in [3.05, 3.63) is 47.1 Å². The van der Waals surface area contributed by atoms with Crippen molar-refractivity contribution in [3.63, 3.8) is 0 Å². The topological polar surface area (TPSA) is 65.2 Å². The molecule has 1 saturated carbocycles. The number of halogens is 2. The summed E-state index contributed by atoms with van der Waals surface area (Å²) in [5.74, 6) is -1.27. The van der Waals surface area contributed by atoms with Crippen LogP contribution in [0, 0.1) is 11.6 Å². The summed E-state index contributed by atoms with van der Waals surface area (Å²) in [6.07, 6.45) is 1.31. The number of rotatable bonds is 4. The summed E-state index contributed by atoms with van der Waals surface area (Å²) >= 11 is 0. The number of benzene rings is 1. The number of carbonyl (C=O) groups excluding carboxylic acids is 1. The fourth-order valence-corrected chi connectivity index (χ4v) is 2.24. The molecule has 110 valence electrons. The number of methoxy groups -OCH3 is 1. The van der Waals surface area contributed by atoms with Crippen LogP contribution in [0.1, 0.15) is 30.1 Å². The number of nitrogens with zero attached hydrogens (tertiary/aromatic N) is 2. The largest absolute Gasteiger partial charge is 0.468 e. The highest BCUT2D eigenvalue weighted by molar-refractivity contribution is 5.85. The fourth-order valence-electron chi connectivity index (χ4n) is 2.24. The van der Waals surface area contributed by atoms with E-state index in [1.54, 1.807) is 0 Å². The molecule has 0 atom stereocenters. The number of esters is 1. The maximum atomic E-state index is 13.1. The first-order chi connectivity index (χ1) is 10.0. The summed E-state index contributed by atoms with van der Waals surface area (Å²) in [4.78, 5) is 15.8. The SMILES string of the molecule is COC(=O)C1(c2nc(Cc3cc(F)cc(F)c3)no2)CC1. The molecule has 0 aliphatic heterocycles. The lowest BCUT2D eigenvalue weighted by atomic mass is 10.1. The number of carbonyl (C=O) groups is 1. The van der Waals surface area contributed by atoms with Crippen molar-refractivity contribution in [1.82, 2.24) is 10.1 Å². The molecule has 5 nitrogen and oxygen atoms in total. The molecule has 0 radical (unpaired) electrons. The third-order valence-electron chi connectivity index (χ3n) is 3.49. The highest BCUT2D eigenvalue weighted by Gasteiger charge is 2.57. The molecule has 7 heteroatoms. The van der Waals surface area contributed by atoms with Gasteiger partial charge in [0, 0.05) is 12.5 Å². The van der Waals surface area contributed by atoms with Gasteiger partial charge in [-0.2, -0.15) is 4.98 Å². The highest BCUT2D eigenvalue weighted by Crippen LogP contribution is 2.48. The maximum absolute atomic E-state index is 13.1. The minimum atomic E-state index is -0.840. The van der Waals surface area contributed by atoms with Crippen LogP contribution >= 0.6 is 0 Å². The van der Waals surface area contributed by atoms with Gasteiger partial charge in [-0.25, -0.2) is 8.78 Å². The molecular formula is C14H12F2N2O3. The first kappa shape index (κ1) is 13.7. The molecule has 0 N–H and O–H groups in total. The lowest BCUT2D eigenvalue weighted by Crippen LogP contribution is -2.22. The van der Waals surface area contributed by atoms with Gasteiger partial charge in [-0.3, -0.25) is 4.79 Å². The van der Waals surface area contributed by atoms with E-state index in [2.05, 4.69) is 10.1 Å². The van der Waals surface area contributed by atoms with Crippen molar-refractivity contribution in [2.24, 2.45) is 0 Å².